The van der Waals surface area contributed by atoms with Crippen molar-refractivity contribution in [3.63, 3.8) is 0 Å². The highest BCUT2D eigenvalue weighted by atomic mass is 16.5. The lowest BCUT2D eigenvalue weighted by molar-refractivity contribution is 0.213. The Morgan fingerprint density at radius 2 is 1.38 bits per heavy atom. The number of nitrogens with zero attached hydrogens (tertiary/aromatic N) is 1. The van der Waals surface area contributed by atoms with Gasteiger partial charge in [0, 0.05) is 25.6 Å². The molecule has 2 bridgehead atoms. The minimum absolute atomic E-state index is 0.199. The largest absolute Gasteiger partial charge is 0.504 e. The van der Waals surface area contributed by atoms with Crippen LogP contribution in [0.5, 0.6) is 23.0 Å². The first kappa shape index (κ1) is 15.1. The number of rotatable bonds is 3. The van der Waals surface area contributed by atoms with Crippen molar-refractivity contribution in [2.75, 3.05) is 27.9 Å². The van der Waals surface area contributed by atoms with Gasteiger partial charge in [0.2, 0.25) is 0 Å². The van der Waals surface area contributed by atoms with E-state index >= 15 is 0 Å². The molecule has 2 aromatic carbocycles. The van der Waals surface area contributed by atoms with Crippen molar-refractivity contribution >= 4 is 0 Å². The third kappa shape index (κ3) is 2.19. The Bertz CT molecular complexity index is 802. The SMILES string of the molecule is COc1cc2c(cc1O)CN1Cc3cc(OC)c(OC)cc3C2C1. The van der Waals surface area contributed by atoms with Crippen molar-refractivity contribution in [1.82, 2.24) is 4.90 Å². The highest BCUT2D eigenvalue weighted by Gasteiger charge is 2.34. The molecule has 0 spiro atoms. The van der Waals surface area contributed by atoms with E-state index in [0.29, 0.717) is 5.75 Å². The van der Waals surface area contributed by atoms with Gasteiger partial charge in [-0.1, -0.05) is 0 Å². The molecule has 5 heteroatoms. The van der Waals surface area contributed by atoms with Crippen LogP contribution in [-0.2, 0) is 13.1 Å². The second-order valence-corrected chi connectivity index (χ2v) is 6.35. The van der Waals surface area contributed by atoms with Crippen molar-refractivity contribution in [2.24, 2.45) is 0 Å². The first-order valence-electron chi connectivity index (χ1n) is 8.01. The molecule has 2 heterocycles. The first-order chi connectivity index (χ1) is 11.6. The van der Waals surface area contributed by atoms with Gasteiger partial charge in [0.15, 0.2) is 23.0 Å². The van der Waals surface area contributed by atoms with Gasteiger partial charge in [0.1, 0.15) is 0 Å². The van der Waals surface area contributed by atoms with Gasteiger partial charge in [-0.2, -0.15) is 0 Å². The van der Waals surface area contributed by atoms with Crippen molar-refractivity contribution in [2.45, 2.75) is 19.0 Å². The van der Waals surface area contributed by atoms with E-state index in [1.807, 2.05) is 12.1 Å². The summed E-state index contributed by atoms with van der Waals surface area (Å²) in [6.07, 6.45) is 0. The molecule has 126 valence electrons. The Kier molecular flexibility index (Phi) is 3.53. The smallest absolute Gasteiger partial charge is 0.161 e. The molecule has 4 rings (SSSR count). The maximum Gasteiger partial charge on any atom is 0.161 e. The molecule has 2 unspecified atom stereocenters. The molecular weight excluding hydrogens is 306 g/mol. The number of hydrogen-bond acceptors (Lipinski definition) is 5. The molecule has 0 saturated carbocycles. The summed E-state index contributed by atoms with van der Waals surface area (Å²) in [7, 11) is 4.91. The quantitative estimate of drug-likeness (QED) is 0.939. The van der Waals surface area contributed by atoms with Crippen molar-refractivity contribution in [3.8, 4) is 23.0 Å². The van der Waals surface area contributed by atoms with E-state index in [-0.39, 0.29) is 11.7 Å². The molecule has 1 N–H and O–H groups in total. The number of hydrogen-bond donors (Lipinski definition) is 1. The summed E-state index contributed by atoms with van der Waals surface area (Å²) >= 11 is 0. The van der Waals surface area contributed by atoms with E-state index in [9.17, 15) is 5.11 Å². The van der Waals surface area contributed by atoms with Crippen molar-refractivity contribution in [3.05, 3.63) is 46.5 Å². The highest BCUT2D eigenvalue weighted by Crippen LogP contribution is 2.46. The van der Waals surface area contributed by atoms with Crippen LogP contribution in [0.15, 0.2) is 24.3 Å². The summed E-state index contributed by atoms with van der Waals surface area (Å²) in [4.78, 5) is 2.40. The Morgan fingerprint density at radius 3 is 2.00 bits per heavy atom. The predicted molar refractivity (Wildman–Crippen MR) is 90.2 cm³/mol. The summed E-state index contributed by atoms with van der Waals surface area (Å²) in [5, 5.41) is 10.1. The van der Waals surface area contributed by atoms with E-state index in [1.165, 1.54) is 16.7 Å². The second kappa shape index (κ2) is 5.60. The van der Waals surface area contributed by atoms with Crippen molar-refractivity contribution < 1.29 is 19.3 Å². The fourth-order valence-electron chi connectivity index (χ4n) is 3.94. The van der Waals surface area contributed by atoms with E-state index < -0.39 is 0 Å². The minimum atomic E-state index is 0.199. The minimum Gasteiger partial charge on any atom is -0.504 e. The van der Waals surface area contributed by atoms with Crippen LogP contribution in [0.2, 0.25) is 0 Å². The molecule has 5 nitrogen and oxygen atoms in total. The molecule has 0 aliphatic carbocycles. The first-order valence-corrected chi connectivity index (χ1v) is 8.01. The van der Waals surface area contributed by atoms with Crippen LogP contribution in [0.4, 0.5) is 0 Å². The van der Waals surface area contributed by atoms with Crippen LogP contribution in [-0.4, -0.2) is 37.9 Å². The second-order valence-electron chi connectivity index (χ2n) is 6.35. The Balaban J connectivity index is 1.88. The summed E-state index contributed by atoms with van der Waals surface area (Å²) in [5.74, 6) is 2.48. The number of benzene rings is 2. The van der Waals surface area contributed by atoms with Gasteiger partial charge in [-0.15, -0.1) is 0 Å². The monoisotopic (exact) mass is 327 g/mol. The maximum atomic E-state index is 10.1. The van der Waals surface area contributed by atoms with Crippen LogP contribution in [0.1, 0.15) is 28.2 Å². The summed E-state index contributed by atoms with van der Waals surface area (Å²) in [6, 6.07) is 7.97. The van der Waals surface area contributed by atoms with Gasteiger partial charge >= 0.3 is 0 Å². The number of methoxy groups -OCH3 is 3. The van der Waals surface area contributed by atoms with E-state index in [2.05, 4.69) is 17.0 Å². The Hall–Kier alpha value is -2.40. The number of phenolic OH excluding ortho intramolecular Hbond substituents is 1. The number of aromatic hydroxyl groups is 1. The highest BCUT2D eigenvalue weighted by molar-refractivity contribution is 5.56. The number of fused-ring (bicyclic) bond motifs is 6. The molecule has 2 aliphatic rings. The molecule has 2 aromatic rings. The topological polar surface area (TPSA) is 51.2 Å². The summed E-state index contributed by atoms with van der Waals surface area (Å²) in [6.45, 7) is 2.67. The molecule has 0 fully saturated rings. The van der Waals surface area contributed by atoms with Crippen LogP contribution in [0.25, 0.3) is 0 Å². The lowest BCUT2D eigenvalue weighted by Crippen LogP contribution is -2.38. The molecule has 0 amide bonds. The molecule has 0 saturated heterocycles. The molecule has 0 aromatic heterocycles. The Morgan fingerprint density at radius 1 is 0.833 bits per heavy atom. The standard InChI is InChI=1S/C19H21NO4/c1-22-17-6-13-11(4-16(17)21)8-20-9-12-5-18(23-2)19(24-3)7-14(12)15(13)10-20/h4-7,15,21H,8-10H2,1-3H3. The van der Waals surface area contributed by atoms with E-state index in [0.717, 1.165) is 36.7 Å². The summed E-state index contributed by atoms with van der Waals surface area (Å²) < 4.78 is 16.2. The molecule has 24 heavy (non-hydrogen) atoms. The van der Waals surface area contributed by atoms with Crippen LogP contribution in [0, 0.1) is 0 Å². The fraction of sp³-hybridized carbons (Fsp3) is 0.368. The normalized spacial score (nSPS) is 20.8. The number of phenols is 1. The van der Waals surface area contributed by atoms with Gasteiger partial charge in [-0.25, -0.2) is 0 Å². The van der Waals surface area contributed by atoms with Gasteiger partial charge < -0.3 is 19.3 Å². The lowest BCUT2D eigenvalue weighted by atomic mass is 9.79. The number of ether oxygens (including phenoxy) is 3. The third-order valence-electron chi connectivity index (χ3n) is 5.07. The lowest BCUT2D eigenvalue weighted by Gasteiger charge is -2.41. The predicted octanol–water partition coefficient (Wildman–Crippen LogP) is 2.88. The fourth-order valence-corrected chi connectivity index (χ4v) is 3.94. The maximum absolute atomic E-state index is 10.1. The third-order valence-corrected chi connectivity index (χ3v) is 5.07. The van der Waals surface area contributed by atoms with Crippen LogP contribution in [0.3, 0.4) is 0 Å². The average Bonchev–Trinajstić information content (AvgIpc) is 2.60. The van der Waals surface area contributed by atoms with E-state index in [4.69, 9.17) is 14.2 Å². The molecular formula is C19H21NO4. The van der Waals surface area contributed by atoms with Gasteiger partial charge in [0.25, 0.3) is 0 Å². The zero-order valence-corrected chi connectivity index (χ0v) is 14.1. The molecule has 2 aliphatic heterocycles. The van der Waals surface area contributed by atoms with Gasteiger partial charge in [-0.05, 0) is 46.5 Å². The average molecular weight is 327 g/mol. The zero-order chi connectivity index (χ0) is 16.8. The van der Waals surface area contributed by atoms with Gasteiger partial charge in [-0.3, -0.25) is 4.90 Å². The Labute approximate surface area is 141 Å². The zero-order valence-electron chi connectivity index (χ0n) is 14.1. The van der Waals surface area contributed by atoms with Crippen molar-refractivity contribution in [1.29, 1.82) is 0 Å². The van der Waals surface area contributed by atoms with Crippen LogP contribution < -0.4 is 14.2 Å². The van der Waals surface area contributed by atoms with Gasteiger partial charge in [0.05, 0.1) is 21.3 Å². The van der Waals surface area contributed by atoms with Crippen LogP contribution >= 0.6 is 0 Å². The molecule has 0 radical (unpaired) electrons. The summed E-state index contributed by atoms with van der Waals surface area (Å²) in [5.41, 5.74) is 4.90. The molecule has 2 atom stereocenters. The van der Waals surface area contributed by atoms with E-state index in [1.54, 1.807) is 21.3 Å².